The molecule has 2 aliphatic rings. The van der Waals surface area contributed by atoms with Gasteiger partial charge in [-0.05, 0) is 63.5 Å². The molecule has 0 saturated carbocycles. The number of nitrogens with zero attached hydrogens (tertiary/aromatic N) is 1. The van der Waals surface area contributed by atoms with E-state index in [1.807, 2.05) is 42.5 Å². The summed E-state index contributed by atoms with van der Waals surface area (Å²) in [7, 11) is 0. The van der Waals surface area contributed by atoms with Crippen molar-refractivity contribution in [1.29, 1.82) is 0 Å². The van der Waals surface area contributed by atoms with Crippen molar-refractivity contribution in [2.75, 3.05) is 4.90 Å². The van der Waals surface area contributed by atoms with E-state index in [2.05, 4.69) is 95.9 Å². The van der Waals surface area contributed by atoms with Crippen molar-refractivity contribution in [2.45, 2.75) is 6.10 Å². The molecule has 0 bridgehead atoms. The van der Waals surface area contributed by atoms with Gasteiger partial charge in [-0.25, -0.2) is 0 Å². The van der Waals surface area contributed by atoms with Gasteiger partial charge in [-0.15, -0.1) is 0 Å². The molecule has 1 aliphatic heterocycles. The molecule has 0 radical (unpaired) electrons. The van der Waals surface area contributed by atoms with E-state index in [4.69, 9.17) is 0 Å². The molecule has 0 amide bonds. The number of hydrogen-bond donors (Lipinski definition) is 1. The number of para-hydroxylation sites is 2. The van der Waals surface area contributed by atoms with Crippen molar-refractivity contribution < 1.29 is 9.90 Å². The van der Waals surface area contributed by atoms with Gasteiger partial charge in [-0.3, -0.25) is 4.79 Å². The minimum absolute atomic E-state index is 0.107. The minimum atomic E-state index is -0.894. The third-order valence-corrected chi connectivity index (χ3v) is 8.31. The molecule has 1 heterocycles. The van der Waals surface area contributed by atoms with Gasteiger partial charge in [0.15, 0.2) is 5.78 Å². The van der Waals surface area contributed by atoms with Crippen LogP contribution in [0.15, 0.2) is 139 Å². The van der Waals surface area contributed by atoms with Crippen LogP contribution in [0.2, 0.25) is 0 Å². The Kier molecular flexibility index (Phi) is 5.28. The predicted octanol–water partition coefficient (Wildman–Crippen LogP) is 9.27. The maximum Gasteiger partial charge on any atom is 0.192 e. The number of fused-ring (bicyclic) bond motifs is 3. The number of aliphatic hydroxyl groups is 1. The molecule has 1 atom stereocenters. The van der Waals surface area contributed by atoms with Gasteiger partial charge in [0, 0.05) is 27.8 Å². The van der Waals surface area contributed by atoms with E-state index in [1.54, 1.807) is 6.07 Å². The highest BCUT2D eigenvalue weighted by atomic mass is 16.3. The van der Waals surface area contributed by atoms with Crippen molar-refractivity contribution in [1.82, 2.24) is 0 Å². The second-order valence-corrected chi connectivity index (χ2v) is 10.6. The second-order valence-electron chi connectivity index (χ2n) is 10.6. The van der Waals surface area contributed by atoms with Gasteiger partial charge < -0.3 is 10.0 Å². The fourth-order valence-electron chi connectivity index (χ4n) is 6.40. The first-order chi connectivity index (χ1) is 20.2. The van der Waals surface area contributed by atoms with Crippen molar-refractivity contribution in [3.8, 4) is 22.3 Å². The lowest BCUT2D eigenvalue weighted by molar-refractivity contribution is 0.102. The summed E-state index contributed by atoms with van der Waals surface area (Å²) < 4.78 is 0. The molecule has 6 aromatic carbocycles. The van der Waals surface area contributed by atoms with E-state index >= 15 is 0 Å². The highest BCUT2D eigenvalue weighted by Gasteiger charge is 2.32. The Morgan fingerprint density at radius 1 is 0.585 bits per heavy atom. The standard InChI is InChI=1S/C38H25NO2/c40-37-31-12-4-5-13-32(31)38(41)33(37)23-24-17-19-25(20-18-24)27-21-22-35-36-29(27)14-8-15-30(36)28-11-6-7-16-34(28)39(35)26-9-2-1-3-10-26/h1-23,37,40H/b33-23+. The Morgan fingerprint density at radius 3 is 2.10 bits per heavy atom. The number of rotatable bonds is 3. The molecule has 194 valence electrons. The first-order valence-corrected chi connectivity index (χ1v) is 13.8. The summed E-state index contributed by atoms with van der Waals surface area (Å²) >= 11 is 0. The Balaban J connectivity index is 1.24. The minimum Gasteiger partial charge on any atom is -0.383 e. The number of hydrogen-bond acceptors (Lipinski definition) is 3. The first kappa shape index (κ1) is 23.6. The van der Waals surface area contributed by atoms with Crippen LogP contribution in [-0.4, -0.2) is 10.9 Å². The predicted molar refractivity (Wildman–Crippen MR) is 167 cm³/mol. The Labute approximate surface area is 238 Å². The van der Waals surface area contributed by atoms with Crippen molar-refractivity contribution in [2.24, 2.45) is 0 Å². The summed E-state index contributed by atoms with van der Waals surface area (Å²) in [5.74, 6) is -0.107. The zero-order valence-corrected chi connectivity index (χ0v) is 22.2. The molecule has 8 rings (SSSR count). The molecule has 0 spiro atoms. The van der Waals surface area contributed by atoms with Gasteiger partial charge in [0.2, 0.25) is 0 Å². The van der Waals surface area contributed by atoms with Gasteiger partial charge in [-0.1, -0.05) is 109 Å². The molecular weight excluding hydrogens is 502 g/mol. The van der Waals surface area contributed by atoms with Gasteiger partial charge in [0.1, 0.15) is 6.10 Å². The molecule has 0 aromatic heterocycles. The second kappa shape index (κ2) is 9.16. The molecule has 6 aromatic rings. The number of carbonyl (C=O) groups is 1. The van der Waals surface area contributed by atoms with Crippen molar-refractivity contribution >= 4 is 39.7 Å². The van der Waals surface area contributed by atoms with Crippen LogP contribution < -0.4 is 4.90 Å². The normalized spacial score (nSPS) is 16.2. The Hall–Kier alpha value is -5.25. The van der Waals surface area contributed by atoms with Crippen LogP contribution in [0.3, 0.4) is 0 Å². The summed E-state index contributed by atoms with van der Waals surface area (Å²) in [6.07, 6.45) is 0.914. The highest BCUT2D eigenvalue weighted by Crippen LogP contribution is 2.52. The molecule has 0 saturated heterocycles. The van der Waals surface area contributed by atoms with E-state index in [-0.39, 0.29) is 5.78 Å². The molecule has 1 N–H and O–H groups in total. The zero-order valence-electron chi connectivity index (χ0n) is 22.2. The Morgan fingerprint density at radius 2 is 1.29 bits per heavy atom. The lowest BCUT2D eigenvalue weighted by atomic mass is 9.87. The van der Waals surface area contributed by atoms with Gasteiger partial charge in [-0.2, -0.15) is 0 Å². The van der Waals surface area contributed by atoms with E-state index in [0.717, 1.165) is 22.4 Å². The average Bonchev–Trinajstić information content (AvgIpc) is 3.27. The SMILES string of the molecule is O=C1/C(=C/c2ccc(-c3ccc4c5c(cccc35)-c3ccccc3N4c3ccccc3)cc2)C(O)c2ccccc21. The largest absolute Gasteiger partial charge is 0.383 e. The lowest BCUT2D eigenvalue weighted by Crippen LogP contribution is -2.15. The number of benzene rings is 6. The number of carbonyl (C=O) groups excluding carboxylic acids is 1. The van der Waals surface area contributed by atoms with E-state index in [9.17, 15) is 9.90 Å². The summed E-state index contributed by atoms with van der Waals surface area (Å²) in [5, 5.41) is 13.2. The number of anilines is 3. The van der Waals surface area contributed by atoms with Crippen LogP contribution in [0.5, 0.6) is 0 Å². The van der Waals surface area contributed by atoms with Crippen LogP contribution in [-0.2, 0) is 0 Å². The van der Waals surface area contributed by atoms with Crippen LogP contribution in [0.1, 0.15) is 27.6 Å². The van der Waals surface area contributed by atoms with Crippen molar-refractivity contribution in [3.05, 3.63) is 156 Å². The summed E-state index contributed by atoms with van der Waals surface area (Å²) in [6, 6.07) is 45.6. The molecule has 3 nitrogen and oxygen atoms in total. The number of Topliss-reactive ketones (excluding diaryl/α,β-unsaturated/α-hetero) is 1. The topological polar surface area (TPSA) is 40.5 Å². The third kappa shape index (κ3) is 3.60. The average molecular weight is 528 g/mol. The van der Waals surface area contributed by atoms with E-state index in [0.29, 0.717) is 16.7 Å². The molecule has 1 unspecified atom stereocenters. The fourth-order valence-corrected chi connectivity index (χ4v) is 6.40. The fraction of sp³-hybridized carbons (Fsp3) is 0.0263. The van der Waals surface area contributed by atoms with Crippen LogP contribution in [0.25, 0.3) is 39.1 Å². The van der Waals surface area contributed by atoms with Crippen LogP contribution >= 0.6 is 0 Å². The van der Waals surface area contributed by atoms with Crippen LogP contribution in [0.4, 0.5) is 17.1 Å². The van der Waals surface area contributed by atoms with E-state index in [1.165, 1.54) is 33.3 Å². The number of ketones is 1. The molecular formula is C38H25NO2. The maximum atomic E-state index is 12.9. The monoisotopic (exact) mass is 527 g/mol. The smallest absolute Gasteiger partial charge is 0.192 e. The molecule has 1 aliphatic carbocycles. The summed E-state index contributed by atoms with van der Waals surface area (Å²) in [4.78, 5) is 15.3. The summed E-state index contributed by atoms with van der Waals surface area (Å²) in [5.41, 5.74) is 10.7. The zero-order chi connectivity index (χ0) is 27.5. The first-order valence-electron chi connectivity index (χ1n) is 13.8. The molecule has 41 heavy (non-hydrogen) atoms. The third-order valence-electron chi connectivity index (χ3n) is 8.31. The van der Waals surface area contributed by atoms with Crippen LogP contribution in [0, 0.1) is 0 Å². The van der Waals surface area contributed by atoms with E-state index < -0.39 is 6.10 Å². The molecule has 3 heteroatoms. The quantitative estimate of drug-likeness (QED) is 0.233. The van der Waals surface area contributed by atoms with Gasteiger partial charge in [0.25, 0.3) is 0 Å². The summed E-state index contributed by atoms with van der Waals surface area (Å²) in [6.45, 7) is 0. The maximum absolute atomic E-state index is 12.9. The highest BCUT2D eigenvalue weighted by molar-refractivity contribution is 6.18. The Bertz CT molecular complexity index is 2020. The molecule has 0 fully saturated rings. The van der Waals surface area contributed by atoms with Gasteiger partial charge in [0.05, 0.1) is 11.4 Å². The lowest BCUT2D eigenvalue weighted by Gasteiger charge is -2.34. The number of aliphatic hydroxyl groups excluding tert-OH is 1. The van der Waals surface area contributed by atoms with Crippen molar-refractivity contribution in [3.63, 3.8) is 0 Å². The van der Waals surface area contributed by atoms with Gasteiger partial charge >= 0.3 is 0 Å².